The largest absolute Gasteiger partial charge is 0.351 e. The average molecular weight is 292 g/mol. The number of primary amides is 1. The minimum absolute atomic E-state index is 0.0679. The molecule has 3 amide bonds. The number of nitrogens with one attached hydrogen (secondary N) is 2. The average Bonchev–Trinajstić information content (AvgIpc) is 2.50. The number of imide groups is 1. The van der Waals surface area contributed by atoms with Gasteiger partial charge in [0.2, 0.25) is 5.91 Å². The van der Waals surface area contributed by atoms with E-state index in [9.17, 15) is 9.59 Å². The molecule has 0 aliphatic heterocycles. The number of halogens is 1. The van der Waals surface area contributed by atoms with Gasteiger partial charge in [-0.3, -0.25) is 10.1 Å². The lowest BCUT2D eigenvalue weighted by atomic mass is 10.4. The number of thiophene rings is 1. The van der Waals surface area contributed by atoms with Gasteiger partial charge in [0.15, 0.2) is 0 Å². The molecular weight excluding hydrogens is 282 g/mol. The lowest BCUT2D eigenvalue weighted by molar-refractivity contribution is -0.119. The van der Waals surface area contributed by atoms with Crippen molar-refractivity contribution in [1.82, 2.24) is 10.6 Å². The molecule has 0 saturated heterocycles. The number of nitrogens with two attached hydrogens (primary N) is 1. The van der Waals surface area contributed by atoms with Gasteiger partial charge in [0.05, 0.1) is 6.54 Å². The Morgan fingerprint density at radius 1 is 1.53 bits per heavy atom. The molecule has 4 N–H and O–H groups in total. The minimum atomic E-state index is -0.833. The quantitative estimate of drug-likeness (QED) is 0.767. The van der Waals surface area contributed by atoms with Crippen molar-refractivity contribution in [3.8, 4) is 0 Å². The second-order valence-corrected chi connectivity index (χ2v) is 4.66. The van der Waals surface area contributed by atoms with Crippen LogP contribution in [0.1, 0.15) is 4.88 Å². The van der Waals surface area contributed by atoms with Crippen LogP contribution in [-0.4, -0.2) is 18.5 Å². The molecule has 1 aromatic rings. The first kappa shape index (κ1) is 12.2. The Morgan fingerprint density at radius 3 is 2.80 bits per heavy atom. The zero-order valence-electron chi connectivity index (χ0n) is 7.75. The highest BCUT2D eigenvalue weighted by Gasteiger charge is 2.03. The van der Waals surface area contributed by atoms with Crippen molar-refractivity contribution in [2.24, 2.45) is 5.73 Å². The first-order valence-corrected chi connectivity index (χ1v) is 5.78. The van der Waals surface area contributed by atoms with Gasteiger partial charge in [0.1, 0.15) is 0 Å². The summed E-state index contributed by atoms with van der Waals surface area (Å²) >= 11 is 4.91. The van der Waals surface area contributed by atoms with E-state index in [4.69, 9.17) is 5.73 Å². The number of amides is 3. The van der Waals surface area contributed by atoms with Gasteiger partial charge in [-0.05, 0) is 22.0 Å². The SMILES string of the molecule is NC(=O)NC(=O)CNCc1cc(Br)cs1. The standard InChI is InChI=1S/C8H10BrN3O2S/c9-5-1-6(15-4-5)2-11-3-7(13)12-8(10)14/h1,4,11H,2-3H2,(H3,10,12,13,14). The molecule has 0 saturated carbocycles. The van der Waals surface area contributed by atoms with E-state index in [1.54, 1.807) is 11.3 Å². The minimum Gasteiger partial charge on any atom is -0.351 e. The van der Waals surface area contributed by atoms with Crippen LogP contribution in [0.3, 0.4) is 0 Å². The maximum Gasteiger partial charge on any atom is 0.318 e. The Kier molecular flexibility index (Phi) is 4.73. The van der Waals surface area contributed by atoms with Crippen LogP contribution in [0, 0.1) is 0 Å². The zero-order chi connectivity index (χ0) is 11.3. The summed E-state index contributed by atoms with van der Waals surface area (Å²) in [5.41, 5.74) is 4.78. The molecule has 0 bridgehead atoms. The van der Waals surface area contributed by atoms with Crippen molar-refractivity contribution in [1.29, 1.82) is 0 Å². The molecule has 7 heteroatoms. The molecule has 1 aromatic heterocycles. The molecule has 82 valence electrons. The van der Waals surface area contributed by atoms with Crippen molar-refractivity contribution in [3.63, 3.8) is 0 Å². The van der Waals surface area contributed by atoms with E-state index in [-0.39, 0.29) is 6.54 Å². The highest BCUT2D eigenvalue weighted by Crippen LogP contribution is 2.19. The van der Waals surface area contributed by atoms with Crippen LogP contribution in [0.15, 0.2) is 15.9 Å². The lowest BCUT2D eigenvalue weighted by Crippen LogP contribution is -2.40. The van der Waals surface area contributed by atoms with Crippen LogP contribution in [0.5, 0.6) is 0 Å². The van der Waals surface area contributed by atoms with Crippen LogP contribution in [0.2, 0.25) is 0 Å². The summed E-state index contributed by atoms with van der Waals surface area (Å²) in [5, 5.41) is 6.81. The van der Waals surface area contributed by atoms with E-state index >= 15 is 0 Å². The van der Waals surface area contributed by atoms with E-state index in [0.29, 0.717) is 6.54 Å². The summed E-state index contributed by atoms with van der Waals surface area (Å²) in [5.74, 6) is -0.432. The van der Waals surface area contributed by atoms with Gasteiger partial charge in [-0.1, -0.05) is 0 Å². The van der Waals surface area contributed by atoms with Gasteiger partial charge in [-0.25, -0.2) is 4.79 Å². The molecular formula is C8H10BrN3O2S. The summed E-state index contributed by atoms with van der Waals surface area (Å²) < 4.78 is 1.02. The Hall–Kier alpha value is -0.920. The monoisotopic (exact) mass is 291 g/mol. The van der Waals surface area contributed by atoms with Crippen LogP contribution in [0.25, 0.3) is 0 Å². The maximum atomic E-state index is 11.0. The molecule has 15 heavy (non-hydrogen) atoms. The number of urea groups is 1. The number of hydrogen-bond acceptors (Lipinski definition) is 4. The number of carbonyl (C=O) groups is 2. The molecule has 1 heterocycles. The van der Waals surface area contributed by atoms with Crippen molar-refractivity contribution in [3.05, 3.63) is 20.8 Å². The topological polar surface area (TPSA) is 84.2 Å². The van der Waals surface area contributed by atoms with Crippen LogP contribution in [-0.2, 0) is 11.3 Å². The summed E-state index contributed by atoms with van der Waals surface area (Å²) in [6, 6.07) is 1.13. The van der Waals surface area contributed by atoms with Crippen molar-refractivity contribution >= 4 is 39.2 Å². The second-order valence-electron chi connectivity index (χ2n) is 2.75. The molecule has 1 rings (SSSR count). The zero-order valence-corrected chi connectivity index (χ0v) is 10.2. The maximum absolute atomic E-state index is 11.0. The summed E-state index contributed by atoms with van der Waals surface area (Å²) in [7, 11) is 0. The van der Waals surface area contributed by atoms with Crippen molar-refractivity contribution in [2.75, 3.05) is 6.54 Å². The van der Waals surface area contributed by atoms with Gasteiger partial charge in [-0.15, -0.1) is 11.3 Å². The third kappa shape index (κ3) is 4.91. The lowest BCUT2D eigenvalue weighted by Gasteiger charge is -2.01. The Morgan fingerprint density at radius 2 is 2.27 bits per heavy atom. The molecule has 0 aromatic carbocycles. The van der Waals surface area contributed by atoms with Gasteiger partial charge >= 0.3 is 6.03 Å². The third-order valence-corrected chi connectivity index (χ3v) is 3.17. The molecule has 0 atom stereocenters. The predicted octanol–water partition coefficient (Wildman–Crippen LogP) is 0.795. The first-order chi connectivity index (χ1) is 7.08. The molecule has 5 nitrogen and oxygen atoms in total. The van der Waals surface area contributed by atoms with Crippen LogP contribution < -0.4 is 16.4 Å². The first-order valence-electron chi connectivity index (χ1n) is 4.11. The van der Waals surface area contributed by atoms with Gasteiger partial charge in [-0.2, -0.15) is 0 Å². The van der Waals surface area contributed by atoms with E-state index < -0.39 is 11.9 Å². The number of carbonyl (C=O) groups excluding carboxylic acids is 2. The summed E-state index contributed by atoms with van der Waals surface area (Å²) in [6.07, 6.45) is 0. The highest BCUT2D eigenvalue weighted by atomic mass is 79.9. The number of rotatable bonds is 4. The molecule has 0 fully saturated rings. The van der Waals surface area contributed by atoms with Crippen LogP contribution >= 0.6 is 27.3 Å². The smallest absolute Gasteiger partial charge is 0.318 e. The Labute approximate surface area is 99.2 Å². The van der Waals surface area contributed by atoms with Gasteiger partial charge < -0.3 is 11.1 Å². The van der Waals surface area contributed by atoms with E-state index in [1.165, 1.54) is 0 Å². The fraction of sp³-hybridized carbons (Fsp3) is 0.250. The van der Waals surface area contributed by atoms with E-state index in [2.05, 4.69) is 21.2 Å². The summed E-state index contributed by atoms with van der Waals surface area (Å²) in [6.45, 7) is 0.654. The van der Waals surface area contributed by atoms with Crippen molar-refractivity contribution in [2.45, 2.75) is 6.54 Å². The summed E-state index contributed by atoms with van der Waals surface area (Å²) in [4.78, 5) is 22.4. The van der Waals surface area contributed by atoms with Gasteiger partial charge in [0, 0.05) is 21.3 Å². The van der Waals surface area contributed by atoms with Crippen LogP contribution in [0.4, 0.5) is 4.79 Å². The third-order valence-electron chi connectivity index (χ3n) is 1.47. The normalized spacial score (nSPS) is 9.93. The van der Waals surface area contributed by atoms with E-state index in [1.807, 2.05) is 16.8 Å². The fourth-order valence-corrected chi connectivity index (χ4v) is 2.35. The van der Waals surface area contributed by atoms with Gasteiger partial charge in [0.25, 0.3) is 0 Å². The Bertz CT molecular complexity index is 367. The molecule has 0 unspecified atom stereocenters. The highest BCUT2D eigenvalue weighted by molar-refractivity contribution is 9.10. The predicted molar refractivity (Wildman–Crippen MR) is 61.5 cm³/mol. The molecule has 0 radical (unpaired) electrons. The second kappa shape index (κ2) is 5.84. The van der Waals surface area contributed by atoms with Crippen molar-refractivity contribution < 1.29 is 9.59 Å². The number of hydrogen-bond donors (Lipinski definition) is 3. The van der Waals surface area contributed by atoms with E-state index in [0.717, 1.165) is 9.35 Å². The molecule has 0 spiro atoms. The Balaban J connectivity index is 2.22. The fourth-order valence-electron chi connectivity index (χ4n) is 0.927. The molecule has 0 aliphatic rings. The molecule has 0 aliphatic carbocycles.